The van der Waals surface area contributed by atoms with Crippen molar-refractivity contribution in [1.29, 1.82) is 0 Å². The summed E-state index contributed by atoms with van der Waals surface area (Å²) in [6.45, 7) is 9.41. The fourth-order valence-electron chi connectivity index (χ4n) is 7.93. The van der Waals surface area contributed by atoms with Gasteiger partial charge in [0, 0.05) is 36.4 Å². The molecule has 1 aromatic heterocycles. The van der Waals surface area contributed by atoms with Gasteiger partial charge in [-0.1, -0.05) is 45.9 Å². The monoisotopic (exact) mass is 1130 g/mol. The van der Waals surface area contributed by atoms with Gasteiger partial charge < -0.3 is 89.8 Å². The first kappa shape index (κ1) is 68.3. The number of unbranched alkanes of at least 4 members (excludes halogenated alkanes) is 1. The van der Waals surface area contributed by atoms with Crippen molar-refractivity contribution in [1.82, 2.24) is 52.8 Å². The number of amides is 9. The first-order chi connectivity index (χ1) is 37.5. The van der Waals surface area contributed by atoms with Crippen molar-refractivity contribution < 1.29 is 83.1 Å². The molecule has 0 saturated carbocycles. The number of hydrogen-bond donors (Lipinski definition) is 17. The van der Waals surface area contributed by atoms with E-state index in [1.54, 1.807) is 32.2 Å². The molecule has 446 valence electrons. The zero-order chi connectivity index (χ0) is 60.6. The van der Waals surface area contributed by atoms with Crippen LogP contribution in [0.15, 0.2) is 30.5 Å². The van der Waals surface area contributed by atoms with Gasteiger partial charge in [0.15, 0.2) is 0 Å². The van der Waals surface area contributed by atoms with E-state index in [0.717, 1.165) is 10.9 Å². The van der Waals surface area contributed by atoms with Crippen LogP contribution in [0, 0.1) is 11.8 Å². The summed E-state index contributed by atoms with van der Waals surface area (Å²) in [7, 11) is 0. The molecule has 0 spiro atoms. The Kier molecular flexibility index (Phi) is 28.7. The molecule has 0 aliphatic carbocycles. The maximum absolute atomic E-state index is 13.7. The summed E-state index contributed by atoms with van der Waals surface area (Å²) in [5, 5.41) is 71.3. The van der Waals surface area contributed by atoms with Crippen molar-refractivity contribution in [2.75, 3.05) is 13.2 Å². The van der Waals surface area contributed by atoms with Crippen LogP contribution in [0.3, 0.4) is 0 Å². The van der Waals surface area contributed by atoms with Gasteiger partial charge >= 0.3 is 17.9 Å². The number of aromatic amines is 1. The summed E-state index contributed by atoms with van der Waals surface area (Å²) in [5.74, 6) is -13.5. The number of aliphatic hydroxyl groups is 2. The molecule has 11 atom stereocenters. The fourth-order valence-corrected chi connectivity index (χ4v) is 7.93. The fraction of sp³-hybridized carbons (Fsp3) is 0.608. The number of carboxylic acid groups (broad SMARTS) is 3. The molecule has 2 aromatic rings. The first-order valence-electron chi connectivity index (χ1n) is 26.2. The van der Waals surface area contributed by atoms with Gasteiger partial charge in [0.2, 0.25) is 53.2 Å². The number of aliphatic carboxylic acids is 3. The van der Waals surface area contributed by atoms with E-state index >= 15 is 0 Å². The molecule has 0 bridgehead atoms. The van der Waals surface area contributed by atoms with Crippen molar-refractivity contribution in [2.24, 2.45) is 23.3 Å². The van der Waals surface area contributed by atoms with E-state index in [1.165, 1.54) is 34.6 Å². The van der Waals surface area contributed by atoms with Crippen molar-refractivity contribution in [3.63, 3.8) is 0 Å². The highest BCUT2D eigenvalue weighted by atomic mass is 16.4. The van der Waals surface area contributed by atoms with Gasteiger partial charge in [-0.05, 0) is 89.3 Å². The van der Waals surface area contributed by atoms with E-state index in [2.05, 4.69) is 52.8 Å². The van der Waals surface area contributed by atoms with Crippen LogP contribution in [0.5, 0.6) is 0 Å². The number of H-pyrrole nitrogens is 1. The largest absolute Gasteiger partial charge is 0.481 e. The molecule has 0 radical (unpaired) electrons. The molecule has 11 unspecified atom stereocenters. The summed E-state index contributed by atoms with van der Waals surface area (Å²) in [5.41, 5.74) is 12.8. The number of para-hydroxylation sites is 1. The molecule has 0 aliphatic heterocycles. The van der Waals surface area contributed by atoms with Crippen LogP contribution in [0.1, 0.15) is 105 Å². The average molecular weight is 1130 g/mol. The van der Waals surface area contributed by atoms with Crippen LogP contribution in [-0.4, -0.2) is 181 Å². The average Bonchev–Trinajstić information content (AvgIpc) is 3.79. The van der Waals surface area contributed by atoms with Crippen LogP contribution in [0.25, 0.3) is 10.9 Å². The van der Waals surface area contributed by atoms with E-state index in [0.29, 0.717) is 12.0 Å². The lowest BCUT2D eigenvalue weighted by molar-refractivity contribution is -0.142. The van der Waals surface area contributed by atoms with Crippen LogP contribution in [0.2, 0.25) is 0 Å². The minimum absolute atomic E-state index is 0.0766. The Bertz CT molecular complexity index is 2490. The summed E-state index contributed by atoms with van der Waals surface area (Å²) in [6.07, 6.45) is -1.30. The number of benzene rings is 1. The van der Waals surface area contributed by atoms with Crippen molar-refractivity contribution in [3.05, 3.63) is 36.0 Å². The number of nitrogens with one attached hydrogen (secondary N) is 10. The number of carbonyl (C=O) groups excluding carboxylic acids is 9. The minimum Gasteiger partial charge on any atom is -0.481 e. The maximum atomic E-state index is 13.7. The molecule has 19 N–H and O–H groups in total. The van der Waals surface area contributed by atoms with Gasteiger partial charge in [0.25, 0.3) is 0 Å². The molecule has 29 nitrogen and oxygen atoms in total. The van der Waals surface area contributed by atoms with Crippen molar-refractivity contribution in [2.45, 2.75) is 173 Å². The molecule has 0 fully saturated rings. The quantitative estimate of drug-likeness (QED) is 0.0294. The number of rotatable bonds is 36. The standard InChI is InChI=1S/C51H80N12O17/c1-24(2)20-35(47(75)60-36(51(79)80)21-29-22-54-32-13-9-8-12-30(29)32)59-42(70)26(5)56-50(78)41(28(7)65)63-49(77)40(25(3)4)62-43(71)27(6)55-48(76)37(23-64)61-45(73)33(14-10-11-19-52)58-46(74)34(16-18-39(68)69)57-44(72)31(53)15-17-38(66)67/h8-9,12-13,22,24-28,31,33-37,40-41,54,64-65H,10-11,14-21,23,52-53H2,1-7H3,(H,55,76)(H,56,78)(H,57,72)(H,58,74)(H,59,70)(H,60,75)(H,61,73)(H,62,71)(H,63,77)(H,66,67)(H,68,69)(H,79,80). The van der Waals surface area contributed by atoms with Gasteiger partial charge in [-0.3, -0.25) is 52.7 Å². The highest BCUT2D eigenvalue weighted by Crippen LogP contribution is 2.20. The molecule has 0 saturated heterocycles. The molecule has 29 heteroatoms. The number of fused-ring (bicyclic) bond motifs is 1. The molecule has 2 rings (SSSR count). The molecular weight excluding hydrogens is 1050 g/mol. The molecule has 80 heavy (non-hydrogen) atoms. The van der Waals surface area contributed by atoms with Gasteiger partial charge in [-0.25, -0.2) is 4.79 Å². The van der Waals surface area contributed by atoms with Gasteiger partial charge in [0.05, 0.1) is 18.8 Å². The molecule has 1 heterocycles. The Hall–Kier alpha value is -7.76. The highest BCUT2D eigenvalue weighted by molar-refractivity contribution is 5.99. The van der Waals surface area contributed by atoms with Crippen LogP contribution < -0.4 is 59.3 Å². The normalized spacial score (nSPS) is 15.4. The van der Waals surface area contributed by atoms with Crippen LogP contribution in [-0.2, 0) is 64.0 Å². The minimum atomic E-state index is -1.75. The lowest BCUT2D eigenvalue weighted by Gasteiger charge is -2.29. The molecule has 0 aliphatic rings. The summed E-state index contributed by atoms with van der Waals surface area (Å²) in [6, 6.07) is -7.54. The Labute approximate surface area is 462 Å². The van der Waals surface area contributed by atoms with E-state index in [-0.39, 0.29) is 44.6 Å². The Morgan fingerprint density at radius 1 is 0.537 bits per heavy atom. The lowest BCUT2D eigenvalue weighted by Crippen LogP contribution is -2.62. The molecular formula is C51H80N12O17. The maximum Gasteiger partial charge on any atom is 0.326 e. The summed E-state index contributed by atoms with van der Waals surface area (Å²) < 4.78 is 0. The predicted octanol–water partition coefficient (Wildman–Crippen LogP) is -3.54. The van der Waals surface area contributed by atoms with Gasteiger partial charge in [-0.15, -0.1) is 0 Å². The van der Waals surface area contributed by atoms with E-state index in [9.17, 15) is 78.0 Å². The second-order valence-corrected chi connectivity index (χ2v) is 20.2. The number of hydrogen-bond acceptors (Lipinski definition) is 16. The van der Waals surface area contributed by atoms with Gasteiger partial charge in [-0.2, -0.15) is 0 Å². The third kappa shape index (κ3) is 22.9. The number of carbonyl (C=O) groups is 12. The lowest BCUT2D eigenvalue weighted by atomic mass is 10.0. The number of nitrogens with two attached hydrogens (primary N) is 2. The molecule has 9 amide bonds. The van der Waals surface area contributed by atoms with E-state index in [1.807, 2.05) is 12.1 Å². The summed E-state index contributed by atoms with van der Waals surface area (Å²) >= 11 is 0. The number of aliphatic hydroxyl groups excluding tert-OH is 2. The Morgan fingerprint density at radius 3 is 1.56 bits per heavy atom. The summed E-state index contributed by atoms with van der Waals surface area (Å²) in [4.78, 5) is 159. The SMILES string of the molecule is CC(C)CC(NC(=O)C(C)NC(=O)C(NC(=O)C(NC(=O)C(C)NC(=O)C(CO)NC(=O)C(CCCCN)NC(=O)C(CCC(=O)O)NC(=O)C(N)CCC(=O)O)C(C)C)C(C)O)C(=O)NC(Cc1c[nH]c2ccccc12)C(=O)O. The van der Waals surface area contributed by atoms with E-state index < -0.39 is 169 Å². The zero-order valence-electron chi connectivity index (χ0n) is 46.0. The van der Waals surface area contributed by atoms with Gasteiger partial charge in [0.1, 0.15) is 54.4 Å². The second kappa shape index (κ2) is 33.6. The number of carboxylic acids is 3. The topological polar surface area (TPSA) is 482 Å². The predicted molar refractivity (Wildman–Crippen MR) is 286 cm³/mol. The van der Waals surface area contributed by atoms with E-state index in [4.69, 9.17) is 16.6 Å². The van der Waals surface area contributed by atoms with Crippen LogP contribution >= 0.6 is 0 Å². The smallest absolute Gasteiger partial charge is 0.326 e. The molecule has 1 aromatic carbocycles. The van der Waals surface area contributed by atoms with Crippen molar-refractivity contribution >= 4 is 82.0 Å². The zero-order valence-corrected chi connectivity index (χ0v) is 46.0. The third-order valence-corrected chi connectivity index (χ3v) is 12.5. The Morgan fingerprint density at radius 2 is 1.01 bits per heavy atom. The Balaban J connectivity index is 2.14. The number of aromatic nitrogens is 1. The third-order valence-electron chi connectivity index (χ3n) is 12.5. The van der Waals surface area contributed by atoms with Crippen LogP contribution in [0.4, 0.5) is 0 Å². The first-order valence-corrected chi connectivity index (χ1v) is 26.2. The highest BCUT2D eigenvalue weighted by Gasteiger charge is 2.36. The van der Waals surface area contributed by atoms with Crippen molar-refractivity contribution in [3.8, 4) is 0 Å². The second-order valence-electron chi connectivity index (χ2n) is 20.2.